The summed E-state index contributed by atoms with van der Waals surface area (Å²) in [4.78, 5) is 0. The highest BCUT2D eigenvalue weighted by Crippen LogP contribution is 2.77. The van der Waals surface area contributed by atoms with Crippen molar-refractivity contribution >= 4 is 11.1 Å². The lowest BCUT2D eigenvalue weighted by Gasteiger charge is -2.49. The second-order valence-electron chi connectivity index (χ2n) is 22.6. The van der Waals surface area contributed by atoms with Gasteiger partial charge in [-0.3, -0.25) is 0 Å². The fraction of sp³-hybridized carbons (Fsp3) is 0.483. The molecule has 0 radical (unpaired) electrons. The smallest absolute Gasteiger partial charge is 0.194 e. The number of allylic oxidation sites excluding steroid dienone is 6. The number of benzene rings is 4. The molecule has 4 aromatic carbocycles. The highest BCUT2D eigenvalue weighted by Gasteiger charge is 2.85. The lowest BCUT2D eigenvalue weighted by molar-refractivity contribution is -0.266. The first-order chi connectivity index (χ1) is 32.1. The highest BCUT2D eigenvalue weighted by atomic mass is 19.4. The molecule has 7 aliphatic rings. The minimum atomic E-state index is -5.53. The minimum Gasteiger partial charge on any atom is -0.194 e. The van der Waals surface area contributed by atoms with Gasteiger partial charge < -0.3 is 0 Å². The van der Waals surface area contributed by atoms with Crippen molar-refractivity contribution in [1.82, 2.24) is 0 Å². The SMILES string of the molecule is Cc1cc2c(cc1C)C(C1=C(C3c4cc(C)c(C)cc4CC3C)C(F)(F)C(F)(F)C1(F)F)C(C)C2.Cc1cc2c(cc1C)C1=C3C(=C4c5cc(C)c(C)cc5CC4(C)C1(C)C2)C(F)(F)C(F)(F)C3(F)F. The van der Waals surface area contributed by atoms with Crippen LogP contribution in [0.25, 0.3) is 11.1 Å². The maximum absolute atomic E-state index is 15.6. The van der Waals surface area contributed by atoms with Gasteiger partial charge in [0.25, 0.3) is 0 Å². The van der Waals surface area contributed by atoms with E-state index in [9.17, 15) is 0 Å². The van der Waals surface area contributed by atoms with Crippen LogP contribution in [0.15, 0.2) is 70.8 Å². The third kappa shape index (κ3) is 5.76. The molecule has 1 fully saturated rings. The second-order valence-corrected chi connectivity index (χ2v) is 22.6. The number of aryl methyl sites for hydroxylation is 8. The molecule has 372 valence electrons. The Morgan fingerprint density at radius 3 is 0.957 bits per heavy atom. The zero-order chi connectivity index (χ0) is 51.5. The quantitative estimate of drug-likeness (QED) is 0.139. The number of fused-ring (bicyclic) bond motifs is 10. The van der Waals surface area contributed by atoms with Gasteiger partial charge in [-0.05, 0) is 193 Å². The van der Waals surface area contributed by atoms with Crippen LogP contribution in [0.5, 0.6) is 0 Å². The van der Waals surface area contributed by atoms with Crippen LogP contribution < -0.4 is 0 Å². The second kappa shape index (κ2) is 14.5. The van der Waals surface area contributed by atoms with E-state index in [2.05, 4.69) is 0 Å². The predicted octanol–water partition coefficient (Wildman–Crippen LogP) is 16.6. The highest BCUT2D eigenvalue weighted by molar-refractivity contribution is 5.99. The summed E-state index contributed by atoms with van der Waals surface area (Å²) in [6.07, 6.45) is 1.43. The summed E-state index contributed by atoms with van der Waals surface area (Å²) in [5.41, 5.74) is 5.33. The third-order valence-electron chi connectivity index (χ3n) is 18.3. The van der Waals surface area contributed by atoms with Gasteiger partial charge in [0, 0.05) is 45.0 Å². The van der Waals surface area contributed by atoms with E-state index in [0.29, 0.717) is 47.9 Å². The van der Waals surface area contributed by atoms with Gasteiger partial charge in [-0.15, -0.1) is 0 Å². The Kier molecular flexibility index (Phi) is 10.1. The molecule has 0 heterocycles. The predicted molar refractivity (Wildman–Crippen MR) is 249 cm³/mol. The molecule has 0 saturated heterocycles. The summed E-state index contributed by atoms with van der Waals surface area (Å²) < 4.78 is 185. The molecule has 1 saturated carbocycles. The molecular weight excluding hydrogens is 925 g/mol. The van der Waals surface area contributed by atoms with Gasteiger partial charge in [0.1, 0.15) is 0 Å². The van der Waals surface area contributed by atoms with E-state index in [1.807, 2.05) is 79.7 Å². The van der Waals surface area contributed by atoms with Crippen molar-refractivity contribution in [1.29, 1.82) is 0 Å². The van der Waals surface area contributed by atoms with Gasteiger partial charge in [-0.2, -0.15) is 52.7 Å². The normalized spacial score (nSPS) is 30.4. The summed E-state index contributed by atoms with van der Waals surface area (Å²) in [6.45, 7) is 21.9. The first kappa shape index (κ1) is 48.9. The van der Waals surface area contributed by atoms with Crippen molar-refractivity contribution in [2.75, 3.05) is 0 Å². The molecule has 70 heavy (non-hydrogen) atoms. The van der Waals surface area contributed by atoms with Gasteiger partial charge >= 0.3 is 35.5 Å². The largest absolute Gasteiger partial charge is 0.380 e. The van der Waals surface area contributed by atoms with Crippen molar-refractivity contribution in [2.45, 2.75) is 156 Å². The Bertz CT molecular complexity index is 2920. The van der Waals surface area contributed by atoms with E-state index in [4.69, 9.17) is 0 Å². The Labute approximate surface area is 401 Å². The molecule has 6 atom stereocenters. The molecule has 0 aliphatic heterocycles. The van der Waals surface area contributed by atoms with Crippen LogP contribution in [0.1, 0.15) is 129 Å². The van der Waals surface area contributed by atoms with E-state index in [-0.39, 0.29) is 11.1 Å². The van der Waals surface area contributed by atoms with Crippen LogP contribution in [0.3, 0.4) is 0 Å². The third-order valence-corrected chi connectivity index (χ3v) is 18.3. The van der Waals surface area contributed by atoms with Crippen molar-refractivity contribution in [3.8, 4) is 0 Å². The van der Waals surface area contributed by atoms with Gasteiger partial charge in [0.05, 0.1) is 0 Å². The van der Waals surface area contributed by atoms with Gasteiger partial charge in [0.15, 0.2) is 0 Å². The van der Waals surface area contributed by atoms with E-state index in [1.165, 1.54) is 0 Å². The number of rotatable bonds is 2. The molecule has 11 rings (SSSR count). The zero-order valence-corrected chi connectivity index (χ0v) is 41.3. The maximum Gasteiger partial charge on any atom is 0.380 e. The topological polar surface area (TPSA) is 0 Å². The van der Waals surface area contributed by atoms with Crippen LogP contribution >= 0.6 is 0 Å². The van der Waals surface area contributed by atoms with Gasteiger partial charge in [-0.1, -0.05) is 76.2 Å². The van der Waals surface area contributed by atoms with Crippen molar-refractivity contribution in [2.24, 2.45) is 22.7 Å². The lowest BCUT2D eigenvalue weighted by atomic mass is 9.54. The van der Waals surface area contributed by atoms with E-state index in [1.54, 1.807) is 52.0 Å². The van der Waals surface area contributed by atoms with Crippen LogP contribution in [-0.2, 0) is 25.7 Å². The molecular formula is C58H56F12. The Balaban J connectivity index is 0.000000162. The Morgan fingerprint density at radius 2 is 0.629 bits per heavy atom. The number of hydrogen-bond acceptors (Lipinski definition) is 0. The Morgan fingerprint density at radius 1 is 0.357 bits per heavy atom. The van der Waals surface area contributed by atoms with Crippen molar-refractivity contribution in [3.63, 3.8) is 0 Å². The number of halogens is 12. The van der Waals surface area contributed by atoms with Crippen molar-refractivity contribution in [3.05, 3.63) is 160 Å². The molecule has 0 bridgehead atoms. The molecule has 4 aromatic rings. The molecule has 12 heteroatoms. The standard InChI is InChI=1S/C29H26F6.C29H30F6/c1-13-7-17-11-25(5)21(19(17)9-15(13)3)23-24(28(32,33)29(34,35)27(23,30)31)22-20-10-16(4)14(2)8-18(20)12-26(22,25)6;1-13-7-19-9-17(5)23(21(19)11-15(13)3)25-26(28(32,33)29(34,35)27(25,30)31)24-18(6)10-20-8-14(2)16(4)12-22(20)24/h7-10H,11-12H2,1-6H3;7-8,11-12,17-18,23-24H,9-10H2,1-6H3. The lowest BCUT2D eigenvalue weighted by Crippen LogP contribution is -2.50. The number of hydrogen-bond donors (Lipinski definition) is 0. The zero-order valence-electron chi connectivity index (χ0n) is 41.3. The Hall–Kier alpha value is -4.74. The van der Waals surface area contributed by atoms with E-state index in [0.717, 1.165) is 66.8 Å². The molecule has 0 nitrogen and oxygen atoms in total. The van der Waals surface area contributed by atoms with Crippen LogP contribution in [0.4, 0.5) is 52.7 Å². The van der Waals surface area contributed by atoms with Crippen molar-refractivity contribution < 1.29 is 52.7 Å². The summed E-state index contributed by atoms with van der Waals surface area (Å²) in [5.74, 6) is -34.3. The maximum atomic E-state index is 15.6. The van der Waals surface area contributed by atoms with E-state index >= 15 is 52.7 Å². The first-order valence-electron chi connectivity index (χ1n) is 24.1. The fourth-order valence-electron chi connectivity index (χ4n) is 13.9. The van der Waals surface area contributed by atoms with Gasteiger partial charge in [0.2, 0.25) is 0 Å². The fourth-order valence-corrected chi connectivity index (χ4v) is 13.9. The molecule has 0 aromatic heterocycles. The molecule has 7 aliphatic carbocycles. The summed E-state index contributed by atoms with van der Waals surface area (Å²) in [6, 6.07) is 14.4. The molecule has 6 unspecified atom stereocenters. The average Bonchev–Trinajstić information content (AvgIpc) is 3.95. The average molecular weight is 981 g/mol. The van der Waals surface area contributed by atoms with Gasteiger partial charge in [-0.25, -0.2) is 0 Å². The molecule has 0 spiro atoms. The van der Waals surface area contributed by atoms with E-state index < -0.39 is 92.3 Å². The van der Waals surface area contributed by atoms with Crippen LogP contribution in [0.2, 0.25) is 0 Å². The number of alkyl halides is 12. The summed E-state index contributed by atoms with van der Waals surface area (Å²) in [7, 11) is 0. The first-order valence-corrected chi connectivity index (χ1v) is 24.1. The summed E-state index contributed by atoms with van der Waals surface area (Å²) in [5, 5.41) is 0. The van der Waals surface area contributed by atoms with Crippen LogP contribution in [0, 0.1) is 78.1 Å². The molecule has 0 amide bonds. The monoisotopic (exact) mass is 980 g/mol. The minimum absolute atomic E-state index is 0.0278. The molecule has 0 N–H and O–H groups in total. The van der Waals surface area contributed by atoms with Crippen LogP contribution in [-0.4, -0.2) is 35.5 Å². The summed E-state index contributed by atoms with van der Waals surface area (Å²) >= 11 is 0.